The van der Waals surface area contributed by atoms with Gasteiger partial charge in [0.05, 0.1) is 6.54 Å². The number of hydrogen-bond acceptors (Lipinski definition) is 4. The molecule has 0 radical (unpaired) electrons. The van der Waals surface area contributed by atoms with Crippen LogP contribution in [0.3, 0.4) is 0 Å². The predicted octanol–water partition coefficient (Wildman–Crippen LogP) is -0.694. The van der Waals surface area contributed by atoms with E-state index in [9.17, 15) is 9.59 Å². The fraction of sp³-hybridized carbons (Fsp3) is 0.357. The summed E-state index contributed by atoms with van der Waals surface area (Å²) in [6.07, 6.45) is 1.54. The van der Waals surface area contributed by atoms with Crippen molar-refractivity contribution in [2.45, 2.75) is 0 Å². The van der Waals surface area contributed by atoms with E-state index in [4.69, 9.17) is 5.73 Å². The SMILES string of the molecule is CN1CCN(C(=O)c2ccc(C#CCN)cn2)CC1=O. The molecule has 0 aliphatic carbocycles. The maximum Gasteiger partial charge on any atom is 0.272 e. The van der Waals surface area contributed by atoms with Gasteiger partial charge in [-0.05, 0) is 12.1 Å². The summed E-state index contributed by atoms with van der Waals surface area (Å²) >= 11 is 0. The zero-order valence-electron chi connectivity index (χ0n) is 11.3. The zero-order chi connectivity index (χ0) is 14.5. The molecule has 0 spiro atoms. The molecule has 2 N–H and O–H groups in total. The van der Waals surface area contributed by atoms with E-state index in [1.54, 1.807) is 24.1 Å². The minimum atomic E-state index is -0.232. The topological polar surface area (TPSA) is 79.5 Å². The summed E-state index contributed by atoms with van der Waals surface area (Å²) in [5.74, 6) is 5.27. The molecule has 1 aliphatic rings. The van der Waals surface area contributed by atoms with Gasteiger partial charge < -0.3 is 15.5 Å². The van der Waals surface area contributed by atoms with Crippen LogP contribution in [0.15, 0.2) is 18.3 Å². The molecule has 1 aromatic rings. The number of rotatable bonds is 1. The summed E-state index contributed by atoms with van der Waals surface area (Å²) in [5.41, 5.74) is 6.32. The Labute approximate surface area is 117 Å². The lowest BCUT2D eigenvalue weighted by molar-refractivity contribution is -0.133. The van der Waals surface area contributed by atoms with Crippen molar-refractivity contribution < 1.29 is 9.59 Å². The minimum absolute atomic E-state index is 0.0602. The fourth-order valence-electron chi connectivity index (χ4n) is 1.84. The molecule has 0 saturated carbocycles. The molecule has 0 atom stereocenters. The van der Waals surface area contributed by atoms with Crippen molar-refractivity contribution in [3.05, 3.63) is 29.6 Å². The first-order valence-electron chi connectivity index (χ1n) is 6.30. The van der Waals surface area contributed by atoms with Gasteiger partial charge in [-0.3, -0.25) is 9.59 Å². The third-order valence-electron chi connectivity index (χ3n) is 3.06. The van der Waals surface area contributed by atoms with Gasteiger partial charge in [-0.15, -0.1) is 0 Å². The van der Waals surface area contributed by atoms with E-state index in [1.165, 1.54) is 11.1 Å². The largest absolute Gasteiger partial charge is 0.342 e. The van der Waals surface area contributed by atoms with Crippen molar-refractivity contribution in [2.24, 2.45) is 5.73 Å². The second-order valence-electron chi connectivity index (χ2n) is 4.48. The standard InChI is InChI=1S/C14H16N4O2/c1-17-7-8-18(10-13(17)19)14(20)12-5-4-11(9-16-12)3-2-6-15/h4-5,9H,6-8,10,15H2,1H3. The van der Waals surface area contributed by atoms with Crippen molar-refractivity contribution in [2.75, 3.05) is 33.2 Å². The highest BCUT2D eigenvalue weighted by atomic mass is 16.2. The summed E-state index contributed by atoms with van der Waals surface area (Å²) in [4.78, 5) is 31.0. The highest BCUT2D eigenvalue weighted by Gasteiger charge is 2.26. The number of carbonyl (C=O) groups is 2. The van der Waals surface area contributed by atoms with Gasteiger partial charge in [0.1, 0.15) is 12.2 Å². The lowest BCUT2D eigenvalue weighted by Gasteiger charge is -2.31. The fourth-order valence-corrected chi connectivity index (χ4v) is 1.84. The van der Waals surface area contributed by atoms with Gasteiger partial charge in [-0.25, -0.2) is 4.98 Å². The molecular weight excluding hydrogens is 256 g/mol. The Morgan fingerprint density at radius 2 is 2.25 bits per heavy atom. The van der Waals surface area contributed by atoms with Crippen LogP contribution in [-0.2, 0) is 4.79 Å². The molecule has 1 aromatic heterocycles. The number of piperazine rings is 1. The molecule has 0 aromatic carbocycles. The maximum absolute atomic E-state index is 12.2. The summed E-state index contributed by atoms with van der Waals surface area (Å²) in [6, 6.07) is 3.34. The van der Waals surface area contributed by atoms with Crippen LogP contribution in [0.4, 0.5) is 0 Å². The van der Waals surface area contributed by atoms with Crippen LogP contribution < -0.4 is 5.73 Å². The van der Waals surface area contributed by atoms with E-state index in [-0.39, 0.29) is 24.9 Å². The Balaban J connectivity index is 2.08. The number of nitrogens with zero attached hydrogens (tertiary/aromatic N) is 3. The number of carbonyl (C=O) groups excluding carboxylic acids is 2. The van der Waals surface area contributed by atoms with Crippen LogP contribution in [0.25, 0.3) is 0 Å². The summed E-state index contributed by atoms with van der Waals surface area (Å²) in [7, 11) is 1.73. The molecule has 2 rings (SSSR count). The molecule has 1 aliphatic heterocycles. The Hall–Kier alpha value is -2.39. The van der Waals surface area contributed by atoms with Gasteiger partial charge in [0.15, 0.2) is 0 Å². The van der Waals surface area contributed by atoms with Gasteiger partial charge in [0, 0.05) is 31.9 Å². The van der Waals surface area contributed by atoms with Gasteiger partial charge in [-0.2, -0.15) is 0 Å². The third kappa shape index (κ3) is 3.13. The molecule has 6 heteroatoms. The van der Waals surface area contributed by atoms with E-state index in [0.29, 0.717) is 24.3 Å². The van der Waals surface area contributed by atoms with Crippen LogP contribution in [0.5, 0.6) is 0 Å². The van der Waals surface area contributed by atoms with E-state index in [2.05, 4.69) is 16.8 Å². The highest BCUT2D eigenvalue weighted by molar-refractivity contribution is 5.95. The molecule has 0 unspecified atom stereocenters. The Kier molecular flexibility index (Phi) is 4.33. The van der Waals surface area contributed by atoms with Crippen molar-refractivity contribution in [3.8, 4) is 11.8 Å². The number of amides is 2. The van der Waals surface area contributed by atoms with Crippen LogP contribution in [0, 0.1) is 11.8 Å². The number of nitrogens with two attached hydrogens (primary N) is 1. The van der Waals surface area contributed by atoms with Crippen LogP contribution in [0.2, 0.25) is 0 Å². The Bertz CT molecular complexity index is 571. The molecule has 104 valence electrons. The Morgan fingerprint density at radius 3 is 2.85 bits per heavy atom. The predicted molar refractivity (Wildman–Crippen MR) is 73.7 cm³/mol. The van der Waals surface area contributed by atoms with Gasteiger partial charge in [0.25, 0.3) is 5.91 Å². The zero-order valence-corrected chi connectivity index (χ0v) is 11.3. The van der Waals surface area contributed by atoms with Crippen LogP contribution in [-0.4, -0.2) is 59.8 Å². The first kappa shape index (κ1) is 14.0. The summed E-state index contributed by atoms with van der Waals surface area (Å²) < 4.78 is 0. The normalized spacial score (nSPS) is 14.8. The average molecular weight is 272 g/mol. The first-order chi connectivity index (χ1) is 9.61. The van der Waals surface area contributed by atoms with Crippen LogP contribution >= 0.6 is 0 Å². The number of likely N-dealkylation sites (N-methyl/N-ethyl adjacent to an activating group) is 1. The molecule has 2 heterocycles. The van der Waals surface area contributed by atoms with Gasteiger partial charge in [-0.1, -0.05) is 11.8 Å². The summed E-state index contributed by atoms with van der Waals surface area (Å²) in [5, 5.41) is 0. The quantitative estimate of drug-likeness (QED) is 0.686. The van der Waals surface area contributed by atoms with E-state index >= 15 is 0 Å². The second-order valence-corrected chi connectivity index (χ2v) is 4.48. The molecular formula is C14H16N4O2. The highest BCUT2D eigenvalue weighted by Crippen LogP contribution is 2.07. The minimum Gasteiger partial charge on any atom is -0.342 e. The van der Waals surface area contributed by atoms with Crippen molar-refractivity contribution >= 4 is 11.8 Å². The van der Waals surface area contributed by atoms with Crippen molar-refractivity contribution in [3.63, 3.8) is 0 Å². The van der Waals surface area contributed by atoms with E-state index in [0.717, 1.165) is 0 Å². The molecule has 0 bridgehead atoms. The molecule has 1 fully saturated rings. The second kappa shape index (κ2) is 6.17. The lowest BCUT2D eigenvalue weighted by Crippen LogP contribution is -2.50. The van der Waals surface area contributed by atoms with Gasteiger partial charge in [0.2, 0.25) is 5.91 Å². The monoisotopic (exact) mass is 272 g/mol. The smallest absolute Gasteiger partial charge is 0.272 e. The first-order valence-corrected chi connectivity index (χ1v) is 6.30. The van der Waals surface area contributed by atoms with E-state index in [1.807, 2.05) is 0 Å². The van der Waals surface area contributed by atoms with Crippen molar-refractivity contribution in [1.82, 2.24) is 14.8 Å². The van der Waals surface area contributed by atoms with E-state index < -0.39 is 0 Å². The number of aromatic nitrogens is 1. The molecule has 2 amide bonds. The third-order valence-corrected chi connectivity index (χ3v) is 3.06. The van der Waals surface area contributed by atoms with Gasteiger partial charge >= 0.3 is 0 Å². The number of pyridine rings is 1. The lowest BCUT2D eigenvalue weighted by atomic mass is 10.2. The maximum atomic E-state index is 12.2. The number of hydrogen-bond donors (Lipinski definition) is 1. The molecule has 20 heavy (non-hydrogen) atoms. The molecule has 6 nitrogen and oxygen atoms in total. The average Bonchev–Trinajstić information content (AvgIpc) is 2.48. The Morgan fingerprint density at radius 1 is 1.45 bits per heavy atom. The molecule has 1 saturated heterocycles. The van der Waals surface area contributed by atoms with Crippen molar-refractivity contribution in [1.29, 1.82) is 0 Å². The summed E-state index contributed by atoms with van der Waals surface area (Å²) in [6.45, 7) is 1.46. The van der Waals surface area contributed by atoms with Crippen LogP contribution in [0.1, 0.15) is 16.1 Å².